The van der Waals surface area contributed by atoms with E-state index in [0.29, 0.717) is 18.1 Å². The molecule has 150 valence electrons. The molecule has 3 aromatic rings. The summed E-state index contributed by atoms with van der Waals surface area (Å²) in [6, 6.07) is 16.5. The Balaban J connectivity index is 1.58. The summed E-state index contributed by atoms with van der Waals surface area (Å²) in [6.45, 7) is 6.69. The molecular weight excluding hydrogens is 364 g/mol. The van der Waals surface area contributed by atoms with Crippen molar-refractivity contribution in [3.05, 3.63) is 71.5 Å². The molecule has 6 heteroatoms. The number of amides is 1. The van der Waals surface area contributed by atoms with Gasteiger partial charge in [-0.1, -0.05) is 13.3 Å². The van der Waals surface area contributed by atoms with Gasteiger partial charge in [-0.3, -0.25) is 4.79 Å². The van der Waals surface area contributed by atoms with E-state index in [0.717, 1.165) is 41.4 Å². The first-order chi connectivity index (χ1) is 14.0. The van der Waals surface area contributed by atoms with Crippen LogP contribution >= 0.6 is 0 Å². The molecule has 6 nitrogen and oxygen atoms in total. The number of aryl methyl sites for hydroxylation is 2. The SMILES string of the molecule is CCCCOc1ccc(NC(=O)c2ccc(Nc3nc(C)cc(C)n3)cc2)cc1. The highest BCUT2D eigenvalue weighted by atomic mass is 16.5. The van der Waals surface area contributed by atoms with Gasteiger partial charge in [-0.25, -0.2) is 9.97 Å². The smallest absolute Gasteiger partial charge is 0.255 e. The predicted octanol–water partition coefficient (Wildman–Crippen LogP) is 5.27. The van der Waals surface area contributed by atoms with E-state index in [4.69, 9.17) is 4.74 Å². The molecule has 1 amide bonds. The van der Waals surface area contributed by atoms with Crippen molar-refractivity contribution in [3.8, 4) is 5.75 Å². The maximum absolute atomic E-state index is 12.5. The number of carbonyl (C=O) groups is 1. The third-order valence-corrected chi connectivity index (χ3v) is 4.26. The zero-order chi connectivity index (χ0) is 20.6. The van der Waals surface area contributed by atoms with Crippen LogP contribution in [0, 0.1) is 13.8 Å². The van der Waals surface area contributed by atoms with E-state index in [9.17, 15) is 4.79 Å². The Labute approximate surface area is 171 Å². The van der Waals surface area contributed by atoms with Crippen LogP contribution in [-0.2, 0) is 0 Å². The first-order valence-electron chi connectivity index (χ1n) is 9.77. The highest BCUT2D eigenvalue weighted by molar-refractivity contribution is 6.04. The maximum atomic E-state index is 12.5. The van der Waals surface area contributed by atoms with Gasteiger partial charge in [0.25, 0.3) is 5.91 Å². The number of carbonyl (C=O) groups excluding carboxylic acids is 1. The molecule has 0 aliphatic heterocycles. The standard InChI is InChI=1S/C23H26N4O2/c1-4-5-14-29-21-12-10-19(11-13-21)26-22(28)18-6-8-20(9-7-18)27-23-24-16(2)15-17(3)25-23/h6-13,15H,4-5,14H2,1-3H3,(H,26,28)(H,24,25,27). The summed E-state index contributed by atoms with van der Waals surface area (Å²) in [7, 11) is 0. The molecule has 0 saturated heterocycles. The Morgan fingerprint density at radius 3 is 2.17 bits per heavy atom. The minimum atomic E-state index is -0.168. The van der Waals surface area contributed by atoms with Gasteiger partial charge in [0.1, 0.15) is 5.75 Å². The summed E-state index contributed by atoms with van der Waals surface area (Å²) >= 11 is 0. The number of hydrogen-bond donors (Lipinski definition) is 2. The van der Waals surface area contributed by atoms with Crippen molar-refractivity contribution in [1.82, 2.24) is 9.97 Å². The van der Waals surface area contributed by atoms with E-state index >= 15 is 0 Å². The summed E-state index contributed by atoms with van der Waals surface area (Å²) in [5.74, 6) is 1.18. The molecular formula is C23H26N4O2. The van der Waals surface area contributed by atoms with Crippen molar-refractivity contribution in [1.29, 1.82) is 0 Å². The highest BCUT2D eigenvalue weighted by Crippen LogP contribution is 2.18. The van der Waals surface area contributed by atoms with Crippen LogP contribution in [0.1, 0.15) is 41.5 Å². The van der Waals surface area contributed by atoms with Crippen LogP contribution in [0.25, 0.3) is 0 Å². The summed E-state index contributed by atoms with van der Waals surface area (Å²) < 4.78 is 5.64. The van der Waals surface area contributed by atoms with Crippen LogP contribution in [0.4, 0.5) is 17.3 Å². The van der Waals surface area contributed by atoms with E-state index < -0.39 is 0 Å². The van der Waals surface area contributed by atoms with Gasteiger partial charge in [-0.2, -0.15) is 0 Å². The van der Waals surface area contributed by atoms with E-state index in [1.807, 2.05) is 56.3 Å². The second-order valence-corrected chi connectivity index (χ2v) is 6.86. The molecule has 0 aliphatic rings. The third kappa shape index (κ3) is 6.04. The van der Waals surface area contributed by atoms with E-state index in [2.05, 4.69) is 27.5 Å². The molecule has 3 rings (SSSR count). The largest absolute Gasteiger partial charge is 0.494 e. The van der Waals surface area contributed by atoms with Crippen LogP contribution in [0.2, 0.25) is 0 Å². The van der Waals surface area contributed by atoms with Crippen LogP contribution in [-0.4, -0.2) is 22.5 Å². The van der Waals surface area contributed by atoms with Gasteiger partial charge in [0.2, 0.25) is 5.95 Å². The third-order valence-electron chi connectivity index (χ3n) is 4.26. The summed E-state index contributed by atoms with van der Waals surface area (Å²) in [6.07, 6.45) is 2.12. The van der Waals surface area contributed by atoms with Crippen LogP contribution in [0.3, 0.4) is 0 Å². The van der Waals surface area contributed by atoms with Gasteiger partial charge in [0.05, 0.1) is 6.61 Å². The van der Waals surface area contributed by atoms with Crippen molar-refractivity contribution in [2.24, 2.45) is 0 Å². The molecule has 0 fully saturated rings. The first-order valence-corrected chi connectivity index (χ1v) is 9.77. The van der Waals surface area contributed by atoms with Gasteiger partial charge < -0.3 is 15.4 Å². The van der Waals surface area contributed by atoms with Crippen LogP contribution in [0.5, 0.6) is 5.75 Å². The number of unbranched alkanes of at least 4 members (excludes halogenated alkanes) is 1. The maximum Gasteiger partial charge on any atom is 0.255 e. The average Bonchev–Trinajstić information content (AvgIpc) is 2.69. The number of ether oxygens (including phenoxy) is 1. The van der Waals surface area contributed by atoms with Crippen molar-refractivity contribution >= 4 is 23.2 Å². The molecule has 2 aromatic carbocycles. The molecule has 0 bridgehead atoms. The van der Waals surface area contributed by atoms with Gasteiger partial charge >= 0.3 is 0 Å². The van der Waals surface area contributed by atoms with Crippen molar-refractivity contribution in [2.45, 2.75) is 33.6 Å². The number of hydrogen-bond acceptors (Lipinski definition) is 5. The van der Waals surface area contributed by atoms with Gasteiger partial charge in [0.15, 0.2) is 0 Å². The average molecular weight is 390 g/mol. The zero-order valence-electron chi connectivity index (χ0n) is 17.0. The Bertz CT molecular complexity index is 933. The van der Waals surface area contributed by atoms with E-state index in [1.165, 1.54) is 0 Å². The van der Waals surface area contributed by atoms with Gasteiger partial charge in [0, 0.05) is 28.3 Å². The lowest BCUT2D eigenvalue weighted by Crippen LogP contribution is -2.11. The van der Waals surface area contributed by atoms with Crippen LogP contribution < -0.4 is 15.4 Å². The summed E-state index contributed by atoms with van der Waals surface area (Å²) in [5.41, 5.74) is 3.92. The molecule has 29 heavy (non-hydrogen) atoms. The molecule has 0 aliphatic carbocycles. The normalized spacial score (nSPS) is 10.4. The fraction of sp³-hybridized carbons (Fsp3) is 0.261. The molecule has 0 spiro atoms. The number of aromatic nitrogens is 2. The number of nitrogens with one attached hydrogen (secondary N) is 2. The Kier molecular flexibility index (Phi) is 6.79. The molecule has 0 radical (unpaired) electrons. The molecule has 1 heterocycles. The van der Waals surface area contributed by atoms with E-state index in [1.54, 1.807) is 12.1 Å². The summed E-state index contributed by atoms with van der Waals surface area (Å²) in [5, 5.41) is 6.06. The lowest BCUT2D eigenvalue weighted by Gasteiger charge is -2.09. The molecule has 0 saturated carbocycles. The topological polar surface area (TPSA) is 76.1 Å². The second-order valence-electron chi connectivity index (χ2n) is 6.86. The monoisotopic (exact) mass is 390 g/mol. The zero-order valence-corrected chi connectivity index (χ0v) is 17.0. The Hall–Kier alpha value is -3.41. The number of rotatable bonds is 8. The number of nitrogens with zero attached hydrogens (tertiary/aromatic N) is 2. The lowest BCUT2D eigenvalue weighted by molar-refractivity contribution is 0.102. The number of anilines is 3. The van der Waals surface area contributed by atoms with Crippen LogP contribution in [0.15, 0.2) is 54.6 Å². The summed E-state index contributed by atoms with van der Waals surface area (Å²) in [4.78, 5) is 21.2. The fourth-order valence-corrected chi connectivity index (χ4v) is 2.79. The minimum Gasteiger partial charge on any atom is -0.494 e. The quantitative estimate of drug-likeness (QED) is 0.513. The molecule has 0 atom stereocenters. The van der Waals surface area contributed by atoms with Crippen molar-refractivity contribution < 1.29 is 9.53 Å². The molecule has 0 unspecified atom stereocenters. The van der Waals surface area contributed by atoms with Crippen molar-refractivity contribution in [3.63, 3.8) is 0 Å². The highest BCUT2D eigenvalue weighted by Gasteiger charge is 2.07. The lowest BCUT2D eigenvalue weighted by atomic mass is 10.2. The van der Waals surface area contributed by atoms with Gasteiger partial charge in [-0.15, -0.1) is 0 Å². The fourth-order valence-electron chi connectivity index (χ4n) is 2.79. The molecule has 2 N–H and O–H groups in total. The Morgan fingerprint density at radius 2 is 1.55 bits per heavy atom. The molecule has 1 aromatic heterocycles. The van der Waals surface area contributed by atoms with Crippen molar-refractivity contribution in [2.75, 3.05) is 17.2 Å². The second kappa shape index (κ2) is 9.68. The number of benzene rings is 2. The van der Waals surface area contributed by atoms with E-state index in [-0.39, 0.29) is 5.91 Å². The van der Waals surface area contributed by atoms with Gasteiger partial charge in [-0.05, 0) is 74.9 Å². The predicted molar refractivity (Wildman–Crippen MR) is 116 cm³/mol. The Morgan fingerprint density at radius 1 is 0.931 bits per heavy atom. The first kappa shape index (κ1) is 20.3. The minimum absolute atomic E-state index is 0.168.